The molecule has 0 spiro atoms. The zero-order valence-corrected chi connectivity index (χ0v) is 16.2. The van der Waals surface area contributed by atoms with Crippen molar-refractivity contribution in [1.29, 1.82) is 0 Å². The van der Waals surface area contributed by atoms with Gasteiger partial charge in [0.2, 0.25) is 15.9 Å². The highest BCUT2D eigenvalue weighted by Crippen LogP contribution is 2.16. The molecule has 1 N–H and O–H groups in total. The lowest BCUT2D eigenvalue weighted by molar-refractivity contribution is -0.116. The summed E-state index contributed by atoms with van der Waals surface area (Å²) in [5.41, 5.74) is 1.10. The van der Waals surface area contributed by atoms with Gasteiger partial charge in [-0.3, -0.25) is 4.79 Å². The van der Waals surface area contributed by atoms with Crippen LogP contribution in [0.2, 0.25) is 0 Å². The fraction of sp³-hybridized carbons (Fsp3) is 0.250. The number of carbonyl (C=O) groups is 1. The summed E-state index contributed by atoms with van der Waals surface area (Å²) in [4.78, 5) is 12.1. The number of nitrogens with zero attached hydrogens (tertiary/aromatic N) is 1. The average molecular weight is 390 g/mol. The molecule has 0 radical (unpaired) electrons. The first-order valence-electron chi connectivity index (χ1n) is 8.68. The largest absolute Gasteiger partial charge is 0.348 e. The van der Waals surface area contributed by atoms with Crippen molar-refractivity contribution in [2.24, 2.45) is 0 Å². The van der Waals surface area contributed by atoms with E-state index in [2.05, 4.69) is 5.32 Å². The number of benzene rings is 2. The number of sulfonamides is 1. The molecule has 1 amide bonds. The van der Waals surface area contributed by atoms with E-state index in [0.29, 0.717) is 24.2 Å². The minimum Gasteiger partial charge on any atom is -0.348 e. The summed E-state index contributed by atoms with van der Waals surface area (Å²) in [5.74, 6) is -0.732. The monoisotopic (exact) mass is 390 g/mol. The van der Waals surface area contributed by atoms with Gasteiger partial charge in [0.25, 0.3) is 0 Å². The molecular weight excluding hydrogens is 367 g/mol. The number of hydrogen-bond acceptors (Lipinski definition) is 3. The van der Waals surface area contributed by atoms with E-state index in [9.17, 15) is 17.6 Å². The molecule has 0 unspecified atom stereocenters. The Morgan fingerprint density at radius 2 is 1.70 bits per heavy atom. The van der Waals surface area contributed by atoms with Crippen molar-refractivity contribution in [3.63, 3.8) is 0 Å². The van der Waals surface area contributed by atoms with Gasteiger partial charge in [-0.2, -0.15) is 4.31 Å². The molecule has 0 aliphatic carbocycles. The Balaban J connectivity index is 1.99. The van der Waals surface area contributed by atoms with E-state index in [1.165, 1.54) is 28.6 Å². The number of carbonyl (C=O) groups excluding carboxylic acids is 1. The maximum absolute atomic E-state index is 13.5. The normalized spacial score (nSPS) is 11.9. The molecule has 27 heavy (non-hydrogen) atoms. The highest BCUT2D eigenvalue weighted by atomic mass is 32.2. The molecule has 7 heteroatoms. The SMILES string of the molecule is CCN(CC)S(=O)(=O)c1ccc(/C=C/C(=O)NCc2ccccc2F)cc1. The Kier molecular flexibility index (Phi) is 7.27. The smallest absolute Gasteiger partial charge is 0.244 e. The lowest BCUT2D eigenvalue weighted by Crippen LogP contribution is -2.30. The molecule has 0 fully saturated rings. The third kappa shape index (κ3) is 5.48. The van der Waals surface area contributed by atoms with Gasteiger partial charge in [-0.25, -0.2) is 12.8 Å². The van der Waals surface area contributed by atoms with E-state index in [4.69, 9.17) is 0 Å². The molecular formula is C20H23FN2O3S. The molecule has 0 saturated carbocycles. The molecule has 0 aliphatic rings. The predicted octanol–water partition coefficient (Wildman–Crippen LogP) is 3.19. The molecule has 144 valence electrons. The molecule has 0 aromatic heterocycles. The number of amides is 1. The maximum Gasteiger partial charge on any atom is 0.244 e. The summed E-state index contributed by atoms with van der Waals surface area (Å²) in [6, 6.07) is 12.5. The second-order valence-corrected chi connectivity index (χ2v) is 7.74. The highest BCUT2D eigenvalue weighted by Gasteiger charge is 2.20. The summed E-state index contributed by atoms with van der Waals surface area (Å²) in [6.07, 6.45) is 2.90. The third-order valence-corrected chi connectivity index (χ3v) is 6.13. The van der Waals surface area contributed by atoms with Gasteiger partial charge in [-0.15, -0.1) is 0 Å². The molecule has 0 atom stereocenters. The summed E-state index contributed by atoms with van der Waals surface area (Å²) in [5, 5.41) is 2.61. The number of rotatable bonds is 8. The van der Waals surface area contributed by atoms with Crippen LogP contribution in [0, 0.1) is 5.82 Å². The second-order valence-electron chi connectivity index (χ2n) is 5.80. The molecule has 0 aliphatic heterocycles. The summed E-state index contributed by atoms with van der Waals surface area (Å²) in [7, 11) is -3.50. The highest BCUT2D eigenvalue weighted by molar-refractivity contribution is 7.89. The van der Waals surface area contributed by atoms with Crippen LogP contribution in [0.3, 0.4) is 0 Å². The van der Waals surface area contributed by atoms with Crippen molar-refractivity contribution in [2.45, 2.75) is 25.3 Å². The number of nitrogens with one attached hydrogen (secondary N) is 1. The van der Waals surface area contributed by atoms with Crippen LogP contribution >= 0.6 is 0 Å². The Labute approximate surface area is 159 Å². The average Bonchev–Trinajstić information content (AvgIpc) is 2.67. The summed E-state index contributed by atoms with van der Waals surface area (Å²) < 4.78 is 39.8. The minimum atomic E-state index is -3.50. The van der Waals surface area contributed by atoms with Crippen molar-refractivity contribution in [1.82, 2.24) is 9.62 Å². The Hall–Kier alpha value is -2.51. The third-order valence-electron chi connectivity index (χ3n) is 4.06. The van der Waals surface area contributed by atoms with Crippen LogP contribution in [0.15, 0.2) is 59.5 Å². The van der Waals surface area contributed by atoms with Gasteiger partial charge >= 0.3 is 0 Å². The van der Waals surface area contributed by atoms with Crippen molar-refractivity contribution in [2.75, 3.05) is 13.1 Å². The lowest BCUT2D eigenvalue weighted by atomic mass is 10.2. The van der Waals surface area contributed by atoms with E-state index >= 15 is 0 Å². The maximum atomic E-state index is 13.5. The van der Waals surface area contributed by atoms with E-state index in [1.54, 1.807) is 50.3 Å². The Bertz CT molecular complexity index is 905. The fourth-order valence-corrected chi connectivity index (χ4v) is 3.98. The number of halogens is 1. The first-order chi connectivity index (χ1) is 12.9. The molecule has 5 nitrogen and oxygen atoms in total. The van der Waals surface area contributed by atoms with Crippen molar-refractivity contribution < 1.29 is 17.6 Å². The molecule has 0 saturated heterocycles. The van der Waals surface area contributed by atoms with Crippen molar-refractivity contribution in [3.8, 4) is 0 Å². The van der Waals surface area contributed by atoms with Gasteiger partial charge in [0.1, 0.15) is 5.82 Å². The van der Waals surface area contributed by atoms with E-state index < -0.39 is 10.0 Å². The predicted molar refractivity (Wildman–Crippen MR) is 104 cm³/mol. The van der Waals surface area contributed by atoms with Gasteiger partial charge in [-0.1, -0.05) is 44.2 Å². The van der Waals surface area contributed by atoms with Crippen molar-refractivity contribution in [3.05, 3.63) is 71.6 Å². The number of hydrogen-bond donors (Lipinski definition) is 1. The summed E-state index contributed by atoms with van der Waals surface area (Å²) in [6.45, 7) is 4.48. The first kappa shape index (κ1) is 20.8. The van der Waals surface area contributed by atoms with Crippen LogP contribution in [0.1, 0.15) is 25.0 Å². The standard InChI is InChI=1S/C20H23FN2O3S/c1-3-23(4-2)27(25,26)18-12-9-16(10-13-18)11-14-20(24)22-15-17-7-5-6-8-19(17)21/h5-14H,3-4,15H2,1-2H3,(H,22,24)/b14-11+. The molecule has 2 aromatic rings. The minimum absolute atomic E-state index is 0.0941. The van der Waals surface area contributed by atoms with Crippen LogP contribution < -0.4 is 5.32 Å². The Morgan fingerprint density at radius 1 is 1.07 bits per heavy atom. The quantitative estimate of drug-likeness (QED) is 0.704. The van der Waals surface area contributed by atoms with Crippen LogP contribution in [-0.2, 0) is 21.4 Å². The van der Waals surface area contributed by atoms with Gasteiger partial charge in [-0.05, 0) is 29.8 Å². The Morgan fingerprint density at radius 3 is 2.30 bits per heavy atom. The van der Waals surface area contributed by atoms with E-state index in [1.807, 2.05) is 0 Å². The molecule has 0 heterocycles. The first-order valence-corrected chi connectivity index (χ1v) is 10.1. The lowest BCUT2D eigenvalue weighted by Gasteiger charge is -2.18. The van der Waals surface area contributed by atoms with E-state index in [0.717, 1.165) is 0 Å². The van der Waals surface area contributed by atoms with E-state index in [-0.39, 0.29) is 23.2 Å². The van der Waals surface area contributed by atoms with Crippen LogP contribution in [0.4, 0.5) is 4.39 Å². The molecule has 0 bridgehead atoms. The zero-order chi connectivity index (χ0) is 19.9. The van der Waals surface area contributed by atoms with Gasteiger partial charge < -0.3 is 5.32 Å². The zero-order valence-electron chi connectivity index (χ0n) is 15.4. The van der Waals surface area contributed by atoms with Gasteiger partial charge in [0.05, 0.1) is 4.90 Å². The van der Waals surface area contributed by atoms with Crippen molar-refractivity contribution >= 4 is 22.0 Å². The molecule has 2 rings (SSSR count). The molecule has 2 aromatic carbocycles. The summed E-state index contributed by atoms with van der Waals surface area (Å²) >= 11 is 0. The second kappa shape index (κ2) is 9.43. The topological polar surface area (TPSA) is 66.5 Å². The van der Waals surface area contributed by atoms with Crippen LogP contribution in [-0.4, -0.2) is 31.7 Å². The van der Waals surface area contributed by atoms with Gasteiger partial charge in [0.15, 0.2) is 0 Å². The van der Waals surface area contributed by atoms with Crippen LogP contribution in [0.25, 0.3) is 6.08 Å². The fourth-order valence-electron chi connectivity index (χ4n) is 2.52. The van der Waals surface area contributed by atoms with Crippen LogP contribution in [0.5, 0.6) is 0 Å². The van der Waals surface area contributed by atoms with Gasteiger partial charge in [0, 0.05) is 31.3 Å².